The van der Waals surface area contributed by atoms with Gasteiger partial charge in [0.1, 0.15) is 21.2 Å². The first-order chi connectivity index (χ1) is 16.5. The molecule has 0 aliphatic heterocycles. The lowest BCUT2D eigenvalue weighted by molar-refractivity contribution is -0.140. The lowest BCUT2D eigenvalue weighted by Crippen LogP contribution is -2.18. The maximum atomic E-state index is 13.6. The average molecular weight is 570 g/mol. The number of rotatable bonds is 6. The number of thiophene rings is 1. The zero-order chi connectivity index (χ0) is 25.5. The Hall–Kier alpha value is -3.32. The number of hydrogen-bond donors (Lipinski definition) is 2. The van der Waals surface area contributed by atoms with E-state index in [9.17, 15) is 27.2 Å². The average Bonchev–Trinajstić information content (AvgIpc) is 3.32. The van der Waals surface area contributed by atoms with Crippen LogP contribution in [0, 0.1) is 12.7 Å². The Kier molecular flexibility index (Phi) is 6.64. The summed E-state index contributed by atoms with van der Waals surface area (Å²) >= 11 is 3.97. The van der Waals surface area contributed by atoms with Crippen LogP contribution in [0.4, 0.5) is 23.2 Å². The smallest absolute Gasteiger partial charge is 0.365 e. The largest absolute Gasteiger partial charge is 0.433 e. The molecule has 3 heterocycles. The molecule has 0 radical (unpaired) electrons. The first kappa shape index (κ1) is 24.8. The fourth-order valence-electron chi connectivity index (χ4n) is 3.45. The van der Waals surface area contributed by atoms with E-state index in [0.29, 0.717) is 11.3 Å². The van der Waals surface area contributed by atoms with E-state index in [0.717, 1.165) is 28.4 Å². The summed E-state index contributed by atoms with van der Waals surface area (Å²) in [6.07, 6.45) is -3.23. The SMILES string of the molecule is Cc1c(Br)cnn1CCC(=O)Nc1c(C(N)=O)sc2nc(C(F)(F)F)cc(-c3ccc(F)cc3)c12. The molecule has 0 saturated heterocycles. The molecule has 13 heteroatoms. The van der Waals surface area contributed by atoms with Crippen LogP contribution in [0.2, 0.25) is 0 Å². The summed E-state index contributed by atoms with van der Waals surface area (Å²) in [5, 5.41) is 6.86. The molecule has 1 aromatic carbocycles. The molecule has 0 fully saturated rings. The third kappa shape index (κ3) is 5.05. The number of alkyl halides is 3. The molecule has 2 amide bonds. The van der Waals surface area contributed by atoms with E-state index in [-0.39, 0.29) is 44.9 Å². The van der Waals surface area contributed by atoms with Crippen LogP contribution in [-0.4, -0.2) is 26.6 Å². The highest BCUT2D eigenvalue weighted by Gasteiger charge is 2.35. The molecule has 35 heavy (non-hydrogen) atoms. The molecule has 7 nitrogen and oxygen atoms in total. The third-order valence-corrected chi connectivity index (χ3v) is 7.07. The molecule has 0 saturated carbocycles. The summed E-state index contributed by atoms with van der Waals surface area (Å²) in [6, 6.07) is 5.59. The van der Waals surface area contributed by atoms with Gasteiger partial charge in [0, 0.05) is 17.5 Å². The summed E-state index contributed by atoms with van der Waals surface area (Å²) in [6.45, 7) is 2.03. The van der Waals surface area contributed by atoms with Crippen LogP contribution in [0.3, 0.4) is 0 Å². The first-order valence-electron chi connectivity index (χ1n) is 10.0. The van der Waals surface area contributed by atoms with E-state index < -0.39 is 29.5 Å². The van der Waals surface area contributed by atoms with Crippen molar-refractivity contribution in [3.05, 3.63) is 63.1 Å². The number of benzene rings is 1. The monoisotopic (exact) mass is 569 g/mol. The number of hydrogen-bond acceptors (Lipinski definition) is 5. The Balaban J connectivity index is 1.81. The second kappa shape index (κ2) is 9.38. The fourth-order valence-corrected chi connectivity index (χ4v) is 4.76. The summed E-state index contributed by atoms with van der Waals surface area (Å²) < 4.78 is 56.5. The Bertz CT molecular complexity index is 1450. The van der Waals surface area contributed by atoms with Gasteiger partial charge in [-0.25, -0.2) is 9.37 Å². The number of anilines is 1. The Morgan fingerprint density at radius 1 is 1.23 bits per heavy atom. The van der Waals surface area contributed by atoms with Crippen molar-refractivity contribution >= 4 is 55.0 Å². The highest BCUT2D eigenvalue weighted by molar-refractivity contribution is 9.10. The molecular formula is C22H16BrF4N5O2S. The van der Waals surface area contributed by atoms with Crippen molar-refractivity contribution < 1.29 is 27.2 Å². The molecular weight excluding hydrogens is 554 g/mol. The van der Waals surface area contributed by atoms with Crippen LogP contribution in [0.5, 0.6) is 0 Å². The third-order valence-electron chi connectivity index (χ3n) is 5.19. The molecule has 4 aromatic rings. The van der Waals surface area contributed by atoms with Gasteiger partial charge in [0.05, 0.1) is 22.9 Å². The van der Waals surface area contributed by atoms with Crippen LogP contribution in [0.25, 0.3) is 21.3 Å². The molecule has 0 spiro atoms. The van der Waals surface area contributed by atoms with E-state index in [1.807, 2.05) is 6.92 Å². The number of aryl methyl sites for hydroxylation is 1. The number of carbonyl (C=O) groups is 2. The van der Waals surface area contributed by atoms with Gasteiger partial charge in [0.2, 0.25) is 5.91 Å². The van der Waals surface area contributed by atoms with Crippen LogP contribution >= 0.6 is 27.3 Å². The predicted molar refractivity (Wildman–Crippen MR) is 126 cm³/mol. The van der Waals surface area contributed by atoms with Crippen LogP contribution < -0.4 is 11.1 Å². The van der Waals surface area contributed by atoms with Crippen molar-refractivity contribution in [1.29, 1.82) is 0 Å². The molecule has 182 valence electrons. The quantitative estimate of drug-likeness (QED) is 0.298. The van der Waals surface area contributed by atoms with E-state index in [4.69, 9.17) is 5.73 Å². The maximum Gasteiger partial charge on any atom is 0.433 e. The zero-order valence-electron chi connectivity index (χ0n) is 17.9. The number of aromatic nitrogens is 3. The normalized spacial score (nSPS) is 11.7. The van der Waals surface area contributed by atoms with Crippen molar-refractivity contribution in [1.82, 2.24) is 14.8 Å². The molecule has 3 aromatic heterocycles. The van der Waals surface area contributed by atoms with Crippen molar-refractivity contribution in [2.75, 3.05) is 5.32 Å². The summed E-state index contributed by atoms with van der Waals surface area (Å²) in [5.41, 5.74) is 5.31. The zero-order valence-corrected chi connectivity index (χ0v) is 20.3. The van der Waals surface area contributed by atoms with Crippen LogP contribution in [0.15, 0.2) is 41.0 Å². The Morgan fingerprint density at radius 2 is 1.91 bits per heavy atom. The number of nitrogens with zero attached hydrogens (tertiary/aromatic N) is 3. The number of carbonyl (C=O) groups excluding carboxylic acids is 2. The van der Waals surface area contributed by atoms with E-state index in [2.05, 4.69) is 31.3 Å². The van der Waals surface area contributed by atoms with Gasteiger partial charge in [-0.15, -0.1) is 11.3 Å². The van der Waals surface area contributed by atoms with Gasteiger partial charge in [0.15, 0.2) is 0 Å². The first-order valence-corrected chi connectivity index (χ1v) is 11.6. The van der Waals surface area contributed by atoms with Gasteiger partial charge < -0.3 is 11.1 Å². The number of primary amides is 1. The fraction of sp³-hybridized carbons (Fsp3) is 0.182. The van der Waals surface area contributed by atoms with Crippen molar-refractivity contribution in [2.24, 2.45) is 5.73 Å². The van der Waals surface area contributed by atoms with Gasteiger partial charge in [-0.3, -0.25) is 14.3 Å². The Labute approximate surface area is 208 Å². The van der Waals surface area contributed by atoms with E-state index in [1.54, 1.807) is 10.9 Å². The number of amides is 2. The van der Waals surface area contributed by atoms with Crippen LogP contribution in [0.1, 0.15) is 27.5 Å². The van der Waals surface area contributed by atoms with Crippen molar-refractivity contribution in [2.45, 2.75) is 26.1 Å². The number of nitrogens with one attached hydrogen (secondary N) is 1. The predicted octanol–water partition coefficient (Wildman–Crippen LogP) is 5.52. The standard InChI is InChI=1S/C22H16BrF4N5O2S/c1-10-14(23)9-29-32(10)7-6-16(33)31-18-17-13(11-2-4-12(24)5-3-11)8-15(22(25,26)27)30-21(17)35-19(18)20(28)34/h2-5,8-9H,6-7H2,1H3,(H2,28,34)(H,31,33). The van der Waals surface area contributed by atoms with Gasteiger partial charge >= 0.3 is 6.18 Å². The number of pyridine rings is 1. The number of nitrogens with two attached hydrogens (primary N) is 1. The van der Waals surface area contributed by atoms with E-state index in [1.165, 1.54) is 12.1 Å². The van der Waals surface area contributed by atoms with Crippen molar-refractivity contribution in [3.63, 3.8) is 0 Å². The molecule has 4 rings (SSSR count). The highest BCUT2D eigenvalue weighted by Crippen LogP contribution is 2.43. The number of fused-ring (bicyclic) bond motifs is 1. The topological polar surface area (TPSA) is 103 Å². The molecule has 0 unspecified atom stereocenters. The minimum absolute atomic E-state index is 0.0215. The van der Waals surface area contributed by atoms with Gasteiger partial charge in [-0.05, 0) is 52.2 Å². The summed E-state index contributed by atoms with van der Waals surface area (Å²) in [4.78, 5) is 28.3. The Morgan fingerprint density at radius 3 is 2.49 bits per heavy atom. The van der Waals surface area contributed by atoms with Crippen LogP contribution in [-0.2, 0) is 17.5 Å². The van der Waals surface area contributed by atoms with Gasteiger partial charge in [-0.2, -0.15) is 18.3 Å². The highest BCUT2D eigenvalue weighted by atomic mass is 79.9. The van der Waals surface area contributed by atoms with E-state index >= 15 is 0 Å². The lowest BCUT2D eigenvalue weighted by Gasteiger charge is -2.12. The molecule has 0 atom stereocenters. The van der Waals surface area contributed by atoms with Crippen molar-refractivity contribution in [3.8, 4) is 11.1 Å². The maximum absolute atomic E-state index is 13.6. The summed E-state index contributed by atoms with van der Waals surface area (Å²) in [5.74, 6) is -2.02. The second-order valence-corrected chi connectivity index (χ2v) is 9.36. The number of halogens is 5. The molecule has 3 N–H and O–H groups in total. The minimum Gasteiger partial charge on any atom is -0.365 e. The second-order valence-electron chi connectivity index (χ2n) is 7.51. The molecule has 0 bridgehead atoms. The molecule has 0 aliphatic carbocycles. The minimum atomic E-state index is -4.78. The molecule has 0 aliphatic rings. The lowest BCUT2D eigenvalue weighted by atomic mass is 10.0. The van der Waals surface area contributed by atoms with Gasteiger partial charge in [0.25, 0.3) is 5.91 Å². The van der Waals surface area contributed by atoms with Gasteiger partial charge in [-0.1, -0.05) is 12.1 Å². The summed E-state index contributed by atoms with van der Waals surface area (Å²) in [7, 11) is 0.